The quantitative estimate of drug-likeness (QED) is 0.905. The predicted octanol–water partition coefficient (Wildman–Crippen LogP) is 3.12. The smallest absolute Gasteiger partial charge is 0.311 e. The number of fused-ring (bicyclic) bond motifs is 1. The maximum atomic E-state index is 10.9. The summed E-state index contributed by atoms with van der Waals surface area (Å²) in [6.07, 6.45) is 1.94. The van der Waals surface area contributed by atoms with E-state index in [1.165, 1.54) is 0 Å². The fourth-order valence-electron chi connectivity index (χ4n) is 2.02. The lowest BCUT2D eigenvalue weighted by molar-refractivity contribution is -0.136. The lowest BCUT2D eigenvalue weighted by atomic mass is 10.3. The Morgan fingerprint density at radius 2 is 2.28 bits per heavy atom. The number of hydrogen-bond acceptors (Lipinski definition) is 2. The van der Waals surface area contributed by atoms with E-state index in [0.717, 1.165) is 30.4 Å². The third-order valence-corrected chi connectivity index (χ3v) is 3.15. The molecule has 0 saturated carbocycles. The predicted molar refractivity (Wildman–Crippen MR) is 71.0 cm³/mol. The van der Waals surface area contributed by atoms with Crippen molar-refractivity contribution in [3.63, 3.8) is 0 Å². The van der Waals surface area contributed by atoms with Crippen LogP contribution in [0.5, 0.6) is 0 Å². The Morgan fingerprint density at radius 3 is 2.94 bits per heavy atom. The van der Waals surface area contributed by atoms with Crippen LogP contribution in [-0.4, -0.2) is 20.6 Å². The molecule has 4 nitrogen and oxygen atoms in total. The third-order valence-electron chi connectivity index (χ3n) is 2.84. The maximum absolute atomic E-state index is 10.9. The van der Waals surface area contributed by atoms with E-state index < -0.39 is 5.97 Å². The number of imidazole rings is 1. The maximum Gasteiger partial charge on any atom is 0.311 e. The van der Waals surface area contributed by atoms with Crippen LogP contribution in [-0.2, 0) is 17.8 Å². The largest absolute Gasteiger partial charge is 0.481 e. The van der Waals surface area contributed by atoms with Crippen LogP contribution in [0.1, 0.15) is 25.6 Å². The normalized spacial score (nSPS) is 11.0. The Kier molecular flexibility index (Phi) is 3.87. The Balaban J connectivity index is 2.54. The van der Waals surface area contributed by atoms with E-state index >= 15 is 0 Å². The standard InChI is InChI=1S/C13H15ClN2O2/c1-2-3-7-16-11(8-12(17)18)15-10-6-4-5-9(14)13(10)16/h4-6H,2-3,7-8H2,1H3,(H,17,18). The molecule has 5 heteroatoms. The highest BCUT2D eigenvalue weighted by Gasteiger charge is 2.15. The number of unbranched alkanes of at least 4 members (excludes halogenated alkanes) is 1. The van der Waals surface area contributed by atoms with Gasteiger partial charge < -0.3 is 9.67 Å². The van der Waals surface area contributed by atoms with Gasteiger partial charge in [-0.25, -0.2) is 4.98 Å². The summed E-state index contributed by atoms with van der Waals surface area (Å²) in [5.41, 5.74) is 1.60. The van der Waals surface area contributed by atoms with Gasteiger partial charge in [-0.05, 0) is 18.6 Å². The minimum atomic E-state index is -0.876. The summed E-state index contributed by atoms with van der Waals surface area (Å²) in [5, 5.41) is 9.54. The molecule has 1 aromatic heterocycles. The minimum absolute atomic E-state index is 0.0747. The number of aliphatic carboxylic acids is 1. The number of carbonyl (C=O) groups is 1. The molecule has 2 rings (SSSR count). The minimum Gasteiger partial charge on any atom is -0.481 e. The van der Waals surface area contributed by atoms with Gasteiger partial charge in [0.25, 0.3) is 0 Å². The lowest BCUT2D eigenvalue weighted by Gasteiger charge is -2.07. The molecule has 0 amide bonds. The summed E-state index contributed by atoms with van der Waals surface area (Å²) >= 11 is 6.18. The first-order chi connectivity index (χ1) is 8.63. The van der Waals surface area contributed by atoms with Gasteiger partial charge in [-0.2, -0.15) is 0 Å². The average Bonchev–Trinajstić information content (AvgIpc) is 2.64. The molecule has 0 bridgehead atoms. The molecule has 1 heterocycles. The Hall–Kier alpha value is -1.55. The molecule has 0 aliphatic carbocycles. The highest BCUT2D eigenvalue weighted by Crippen LogP contribution is 2.25. The molecule has 0 atom stereocenters. The molecule has 18 heavy (non-hydrogen) atoms. The van der Waals surface area contributed by atoms with E-state index in [-0.39, 0.29) is 6.42 Å². The van der Waals surface area contributed by atoms with E-state index in [1.807, 2.05) is 16.7 Å². The first-order valence-corrected chi connectivity index (χ1v) is 6.36. The molecule has 0 spiro atoms. The summed E-state index contributed by atoms with van der Waals surface area (Å²) in [6, 6.07) is 5.49. The lowest BCUT2D eigenvalue weighted by Crippen LogP contribution is -2.09. The summed E-state index contributed by atoms with van der Waals surface area (Å²) < 4.78 is 1.93. The van der Waals surface area contributed by atoms with Crippen molar-refractivity contribution in [2.45, 2.75) is 32.7 Å². The number of carboxylic acid groups (broad SMARTS) is 1. The van der Waals surface area contributed by atoms with E-state index in [9.17, 15) is 4.79 Å². The number of aromatic nitrogens is 2. The Labute approximate surface area is 110 Å². The number of aryl methyl sites for hydroxylation is 1. The van der Waals surface area contributed by atoms with Gasteiger partial charge in [0.1, 0.15) is 12.2 Å². The Bertz CT molecular complexity index is 578. The number of benzene rings is 1. The zero-order valence-corrected chi connectivity index (χ0v) is 10.9. The van der Waals surface area contributed by atoms with Crippen molar-refractivity contribution in [2.24, 2.45) is 0 Å². The van der Waals surface area contributed by atoms with Gasteiger partial charge in [0.15, 0.2) is 0 Å². The molecule has 0 aliphatic heterocycles. The molecule has 96 valence electrons. The molecule has 0 saturated heterocycles. The van der Waals surface area contributed by atoms with Gasteiger partial charge in [0.05, 0.1) is 16.1 Å². The van der Waals surface area contributed by atoms with E-state index in [1.54, 1.807) is 6.07 Å². The van der Waals surface area contributed by atoms with Crippen molar-refractivity contribution in [1.29, 1.82) is 0 Å². The van der Waals surface area contributed by atoms with E-state index in [4.69, 9.17) is 16.7 Å². The fraction of sp³-hybridized carbons (Fsp3) is 0.385. The molecule has 1 aromatic carbocycles. The summed E-state index contributed by atoms with van der Waals surface area (Å²) in [4.78, 5) is 15.2. The molecule has 0 radical (unpaired) electrons. The van der Waals surface area contributed by atoms with Crippen molar-refractivity contribution in [2.75, 3.05) is 0 Å². The monoisotopic (exact) mass is 266 g/mol. The van der Waals surface area contributed by atoms with Crippen LogP contribution in [0.15, 0.2) is 18.2 Å². The average molecular weight is 267 g/mol. The number of halogens is 1. The van der Waals surface area contributed by atoms with Gasteiger partial charge >= 0.3 is 5.97 Å². The number of rotatable bonds is 5. The molecule has 2 aromatic rings. The van der Waals surface area contributed by atoms with Crippen LogP contribution in [0, 0.1) is 0 Å². The fourth-order valence-corrected chi connectivity index (χ4v) is 2.29. The highest BCUT2D eigenvalue weighted by molar-refractivity contribution is 6.35. The van der Waals surface area contributed by atoms with E-state index in [2.05, 4.69) is 11.9 Å². The van der Waals surface area contributed by atoms with Gasteiger partial charge in [0.2, 0.25) is 0 Å². The summed E-state index contributed by atoms with van der Waals surface area (Å²) in [7, 11) is 0. The second-order valence-corrected chi connectivity index (χ2v) is 4.62. The molecule has 1 N–H and O–H groups in total. The number of para-hydroxylation sites is 1. The van der Waals surface area contributed by atoms with Gasteiger partial charge in [-0.3, -0.25) is 4.79 Å². The van der Waals surface area contributed by atoms with Crippen LogP contribution in [0.2, 0.25) is 5.02 Å². The van der Waals surface area contributed by atoms with Crippen LogP contribution in [0.3, 0.4) is 0 Å². The van der Waals surface area contributed by atoms with Crippen LogP contribution in [0.4, 0.5) is 0 Å². The first-order valence-electron chi connectivity index (χ1n) is 5.99. The topological polar surface area (TPSA) is 55.1 Å². The van der Waals surface area contributed by atoms with E-state index in [0.29, 0.717) is 10.8 Å². The van der Waals surface area contributed by atoms with Crippen molar-refractivity contribution >= 4 is 28.6 Å². The molecule has 0 unspecified atom stereocenters. The molecule has 0 fully saturated rings. The van der Waals surface area contributed by atoms with Gasteiger partial charge in [-0.1, -0.05) is 31.0 Å². The first kappa shape index (κ1) is 12.9. The van der Waals surface area contributed by atoms with Gasteiger partial charge in [-0.15, -0.1) is 0 Å². The SMILES string of the molecule is CCCCn1c(CC(=O)O)nc2cccc(Cl)c21. The summed E-state index contributed by atoms with van der Waals surface area (Å²) in [5.74, 6) is -0.307. The van der Waals surface area contributed by atoms with Crippen LogP contribution in [0.25, 0.3) is 11.0 Å². The van der Waals surface area contributed by atoms with Gasteiger partial charge in [0, 0.05) is 6.54 Å². The van der Waals surface area contributed by atoms with Crippen molar-refractivity contribution < 1.29 is 9.90 Å². The number of nitrogens with zero attached hydrogens (tertiary/aromatic N) is 2. The van der Waals surface area contributed by atoms with Crippen LogP contribution < -0.4 is 0 Å². The molecular weight excluding hydrogens is 252 g/mol. The third kappa shape index (κ3) is 2.48. The highest BCUT2D eigenvalue weighted by atomic mass is 35.5. The number of carboxylic acids is 1. The second kappa shape index (κ2) is 5.40. The van der Waals surface area contributed by atoms with Crippen LogP contribution >= 0.6 is 11.6 Å². The molecular formula is C13H15ClN2O2. The Morgan fingerprint density at radius 1 is 1.50 bits per heavy atom. The zero-order chi connectivity index (χ0) is 13.1. The van der Waals surface area contributed by atoms with Crippen molar-refractivity contribution in [3.05, 3.63) is 29.0 Å². The second-order valence-electron chi connectivity index (χ2n) is 4.21. The summed E-state index contributed by atoms with van der Waals surface area (Å²) in [6.45, 7) is 2.84. The molecule has 0 aliphatic rings. The van der Waals surface area contributed by atoms with Crippen molar-refractivity contribution in [1.82, 2.24) is 9.55 Å². The zero-order valence-electron chi connectivity index (χ0n) is 10.2. The number of hydrogen-bond donors (Lipinski definition) is 1. The van der Waals surface area contributed by atoms with Crippen molar-refractivity contribution in [3.8, 4) is 0 Å².